The van der Waals surface area contributed by atoms with Crippen LogP contribution in [0, 0.1) is 6.92 Å². The topological polar surface area (TPSA) is 47.3 Å². The van der Waals surface area contributed by atoms with Gasteiger partial charge in [-0.2, -0.15) is 0 Å². The average molecular weight is 302 g/mol. The van der Waals surface area contributed by atoms with Crippen LogP contribution < -0.4 is 0 Å². The van der Waals surface area contributed by atoms with E-state index in [1.807, 2.05) is 53.3 Å². The zero-order chi connectivity index (χ0) is 14.7. The maximum Gasteiger partial charge on any atom is 0.106 e. The molecule has 110 valence electrons. The van der Waals surface area contributed by atoms with Gasteiger partial charge in [0.15, 0.2) is 0 Å². The molecule has 3 aromatic rings. The van der Waals surface area contributed by atoms with Gasteiger partial charge in [0.05, 0.1) is 36.9 Å². The van der Waals surface area contributed by atoms with Crippen molar-refractivity contribution in [3.63, 3.8) is 0 Å². The monoisotopic (exact) mass is 302 g/mol. The van der Waals surface area contributed by atoms with Gasteiger partial charge in [0, 0.05) is 4.88 Å². The van der Waals surface area contributed by atoms with Crippen LogP contribution in [-0.4, -0.2) is 27.4 Å². The quantitative estimate of drug-likeness (QED) is 0.761. The standard InChI is InChI=1S/C16H18N2O2S/c1-12-17-15-6-2-3-7-16(15)18(12)9-13(19)10-20-11-14-5-4-8-21-14/h2-8,13,19H,9-11H2,1H3. The van der Waals surface area contributed by atoms with E-state index in [-0.39, 0.29) is 0 Å². The minimum atomic E-state index is -0.540. The maximum atomic E-state index is 10.2. The molecule has 1 unspecified atom stereocenters. The molecule has 1 N–H and O–H groups in total. The number of benzene rings is 1. The van der Waals surface area contributed by atoms with Crippen LogP contribution in [0.3, 0.4) is 0 Å². The van der Waals surface area contributed by atoms with Gasteiger partial charge in [0.2, 0.25) is 0 Å². The Kier molecular flexibility index (Phi) is 4.34. The van der Waals surface area contributed by atoms with Crippen molar-refractivity contribution >= 4 is 22.4 Å². The van der Waals surface area contributed by atoms with Crippen LogP contribution in [0.25, 0.3) is 11.0 Å². The summed E-state index contributed by atoms with van der Waals surface area (Å²) in [6.45, 7) is 3.33. The van der Waals surface area contributed by atoms with Crippen molar-refractivity contribution in [2.75, 3.05) is 6.61 Å². The Morgan fingerprint density at radius 1 is 1.29 bits per heavy atom. The number of fused-ring (bicyclic) bond motifs is 1. The van der Waals surface area contributed by atoms with Crippen LogP contribution in [0.2, 0.25) is 0 Å². The highest BCUT2D eigenvalue weighted by Crippen LogP contribution is 2.16. The molecule has 1 aromatic carbocycles. The maximum absolute atomic E-state index is 10.2. The lowest BCUT2D eigenvalue weighted by Crippen LogP contribution is -2.22. The lowest BCUT2D eigenvalue weighted by atomic mass is 10.3. The number of aryl methyl sites for hydroxylation is 1. The fraction of sp³-hybridized carbons (Fsp3) is 0.312. The number of hydrogen-bond donors (Lipinski definition) is 1. The molecule has 0 radical (unpaired) electrons. The molecular weight excluding hydrogens is 284 g/mol. The molecule has 0 aliphatic rings. The Morgan fingerprint density at radius 2 is 2.14 bits per heavy atom. The summed E-state index contributed by atoms with van der Waals surface area (Å²) in [6, 6.07) is 12.0. The SMILES string of the molecule is Cc1nc2ccccc2n1CC(O)COCc1cccs1. The van der Waals surface area contributed by atoms with E-state index in [1.54, 1.807) is 11.3 Å². The molecule has 0 saturated carbocycles. The molecule has 2 heterocycles. The summed E-state index contributed by atoms with van der Waals surface area (Å²) >= 11 is 1.66. The van der Waals surface area contributed by atoms with E-state index < -0.39 is 6.10 Å². The predicted molar refractivity (Wildman–Crippen MR) is 84.5 cm³/mol. The van der Waals surface area contributed by atoms with Crippen LogP contribution in [0.5, 0.6) is 0 Å². The van der Waals surface area contributed by atoms with Crippen molar-refractivity contribution in [2.45, 2.75) is 26.2 Å². The molecular formula is C16H18N2O2S. The Morgan fingerprint density at radius 3 is 2.95 bits per heavy atom. The number of imidazole rings is 1. The van der Waals surface area contributed by atoms with Crippen LogP contribution >= 0.6 is 11.3 Å². The van der Waals surface area contributed by atoms with Crippen molar-refractivity contribution < 1.29 is 9.84 Å². The number of rotatable bonds is 6. The summed E-state index contributed by atoms with van der Waals surface area (Å²) in [4.78, 5) is 5.67. The van der Waals surface area contributed by atoms with E-state index in [0.717, 1.165) is 16.9 Å². The molecule has 0 fully saturated rings. The first-order chi connectivity index (χ1) is 10.2. The normalized spacial score (nSPS) is 12.9. The molecule has 2 aromatic heterocycles. The number of para-hydroxylation sites is 2. The number of aliphatic hydroxyl groups excluding tert-OH is 1. The number of aromatic nitrogens is 2. The van der Waals surface area contributed by atoms with Gasteiger partial charge < -0.3 is 14.4 Å². The number of aliphatic hydroxyl groups is 1. The van der Waals surface area contributed by atoms with Crippen molar-refractivity contribution in [3.8, 4) is 0 Å². The van der Waals surface area contributed by atoms with E-state index in [9.17, 15) is 5.11 Å². The highest BCUT2D eigenvalue weighted by atomic mass is 32.1. The molecule has 0 saturated heterocycles. The third kappa shape index (κ3) is 3.32. The molecule has 0 aliphatic heterocycles. The summed E-state index contributed by atoms with van der Waals surface area (Å²) in [5, 5.41) is 12.2. The molecule has 0 bridgehead atoms. The molecule has 21 heavy (non-hydrogen) atoms. The van der Waals surface area contributed by atoms with Crippen molar-refractivity contribution in [2.24, 2.45) is 0 Å². The smallest absolute Gasteiger partial charge is 0.106 e. The molecule has 5 heteroatoms. The Balaban J connectivity index is 1.60. The van der Waals surface area contributed by atoms with Crippen LogP contribution in [0.4, 0.5) is 0 Å². The van der Waals surface area contributed by atoms with Gasteiger partial charge >= 0.3 is 0 Å². The van der Waals surface area contributed by atoms with Crippen molar-refractivity contribution in [1.82, 2.24) is 9.55 Å². The van der Waals surface area contributed by atoms with Gasteiger partial charge in [-0.05, 0) is 30.5 Å². The Bertz CT molecular complexity index is 706. The van der Waals surface area contributed by atoms with Crippen molar-refractivity contribution in [1.29, 1.82) is 0 Å². The van der Waals surface area contributed by atoms with E-state index in [1.165, 1.54) is 4.88 Å². The van der Waals surface area contributed by atoms with E-state index in [2.05, 4.69) is 4.98 Å². The lowest BCUT2D eigenvalue weighted by Gasteiger charge is -2.13. The predicted octanol–water partition coefficient (Wildman–Crippen LogP) is 2.98. The van der Waals surface area contributed by atoms with Gasteiger partial charge in [-0.15, -0.1) is 11.3 Å². The van der Waals surface area contributed by atoms with E-state index in [4.69, 9.17) is 4.74 Å². The second-order valence-electron chi connectivity index (χ2n) is 5.01. The summed E-state index contributed by atoms with van der Waals surface area (Å²) in [5.74, 6) is 0.911. The minimum absolute atomic E-state index is 0.323. The lowest BCUT2D eigenvalue weighted by molar-refractivity contribution is 0.0215. The van der Waals surface area contributed by atoms with Crippen molar-refractivity contribution in [3.05, 3.63) is 52.5 Å². The molecule has 0 amide bonds. The summed E-state index contributed by atoms with van der Waals surface area (Å²) < 4.78 is 7.60. The third-order valence-electron chi connectivity index (χ3n) is 3.37. The minimum Gasteiger partial charge on any atom is -0.389 e. The first kappa shape index (κ1) is 14.3. The highest BCUT2D eigenvalue weighted by molar-refractivity contribution is 7.09. The number of hydrogen-bond acceptors (Lipinski definition) is 4. The summed E-state index contributed by atoms with van der Waals surface area (Å²) in [7, 11) is 0. The number of nitrogens with zero attached hydrogens (tertiary/aromatic N) is 2. The zero-order valence-electron chi connectivity index (χ0n) is 11.9. The second-order valence-corrected chi connectivity index (χ2v) is 6.04. The summed E-state index contributed by atoms with van der Waals surface area (Å²) in [6.07, 6.45) is -0.540. The highest BCUT2D eigenvalue weighted by Gasteiger charge is 2.11. The van der Waals surface area contributed by atoms with E-state index in [0.29, 0.717) is 19.8 Å². The van der Waals surface area contributed by atoms with Crippen LogP contribution in [0.1, 0.15) is 10.7 Å². The fourth-order valence-corrected chi connectivity index (χ4v) is 3.02. The molecule has 4 nitrogen and oxygen atoms in total. The second kappa shape index (κ2) is 6.39. The summed E-state index contributed by atoms with van der Waals surface area (Å²) in [5.41, 5.74) is 2.01. The van der Waals surface area contributed by atoms with Gasteiger partial charge in [0.25, 0.3) is 0 Å². The number of thiophene rings is 1. The van der Waals surface area contributed by atoms with Gasteiger partial charge in [-0.25, -0.2) is 4.98 Å². The largest absolute Gasteiger partial charge is 0.389 e. The van der Waals surface area contributed by atoms with Crippen LogP contribution in [-0.2, 0) is 17.9 Å². The zero-order valence-corrected chi connectivity index (χ0v) is 12.7. The first-order valence-corrected chi connectivity index (χ1v) is 7.82. The Hall–Kier alpha value is -1.69. The molecule has 1 atom stereocenters. The fourth-order valence-electron chi connectivity index (χ4n) is 2.38. The average Bonchev–Trinajstić information content (AvgIpc) is 3.08. The Labute approximate surface area is 127 Å². The van der Waals surface area contributed by atoms with Gasteiger partial charge in [-0.3, -0.25) is 0 Å². The van der Waals surface area contributed by atoms with Gasteiger partial charge in [-0.1, -0.05) is 18.2 Å². The first-order valence-electron chi connectivity index (χ1n) is 6.94. The molecule has 0 spiro atoms. The van der Waals surface area contributed by atoms with Gasteiger partial charge in [0.1, 0.15) is 5.82 Å². The molecule has 0 aliphatic carbocycles. The molecule has 3 rings (SSSR count). The number of ether oxygens (including phenoxy) is 1. The van der Waals surface area contributed by atoms with Crippen LogP contribution in [0.15, 0.2) is 41.8 Å². The van der Waals surface area contributed by atoms with E-state index >= 15 is 0 Å². The third-order valence-corrected chi connectivity index (χ3v) is 4.22.